The van der Waals surface area contributed by atoms with Gasteiger partial charge in [0.15, 0.2) is 17.1 Å². The highest BCUT2D eigenvalue weighted by atomic mass is 16.5. The van der Waals surface area contributed by atoms with Crippen molar-refractivity contribution in [1.29, 1.82) is 0 Å². The van der Waals surface area contributed by atoms with Crippen LogP contribution in [0.4, 0.5) is 11.6 Å². The van der Waals surface area contributed by atoms with Gasteiger partial charge in [-0.25, -0.2) is 9.97 Å². The molecule has 0 radical (unpaired) electrons. The SMILES string of the molecule is COc1ccc(NC(=O)Cn2cnc3nc(N4CCOCC4)ncc3c2=O)cc1OC. The molecule has 1 N–H and O–H groups in total. The summed E-state index contributed by atoms with van der Waals surface area (Å²) in [5, 5.41) is 2.98. The fraction of sp³-hybridized carbons (Fsp3) is 0.350. The van der Waals surface area contributed by atoms with Crippen molar-refractivity contribution < 1.29 is 19.0 Å². The second-order valence-corrected chi connectivity index (χ2v) is 6.80. The number of carbonyl (C=O) groups excluding carboxylic acids is 1. The topological polar surface area (TPSA) is 121 Å². The fourth-order valence-corrected chi connectivity index (χ4v) is 3.24. The quantitative estimate of drug-likeness (QED) is 0.606. The van der Waals surface area contributed by atoms with E-state index in [-0.39, 0.29) is 29.0 Å². The van der Waals surface area contributed by atoms with Crippen LogP contribution < -0.4 is 25.2 Å². The first-order valence-corrected chi connectivity index (χ1v) is 9.66. The van der Waals surface area contributed by atoms with Gasteiger partial charge in [-0.15, -0.1) is 0 Å². The molecule has 2 aromatic heterocycles. The summed E-state index contributed by atoms with van der Waals surface area (Å²) in [6, 6.07) is 5.00. The Kier molecular flexibility index (Phi) is 5.94. The molecule has 1 saturated heterocycles. The van der Waals surface area contributed by atoms with E-state index in [0.29, 0.717) is 49.4 Å². The number of morpholine rings is 1. The van der Waals surface area contributed by atoms with E-state index in [0.717, 1.165) is 0 Å². The Labute approximate surface area is 177 Å². The van der Waals surface area contributed by atoms with Gasteiger partial charge in [0, 0.05) is 31.0 Å². The van der Waals surface area contributed by atoms with E-state index < -0.39 is 0 Å². The molecule has 1 aliphatic heterocycles. The average molecular weight is 426 g/mol. The second-order valence-electron chi connectivity index (χ2n) is 6.80. The number of hydrogen-bond acceptors (Lipinski definition) is 9. The molecular weight excluding hydrogens is 404 g/mol. The first-order valence-electron chi connectivity index (χ1n) is 9.66. The van der Waals surface area contributed by atoms with Crippen molar-refractivity contribution in [1.82, 2.24) is 19.5 Å². The molecule has 162 valence electrons. The maximum absolute atomic E-state index is 12.8. The molecule has 3 aromatic rings. The van der Waals surface area contributed by atoms with E-state index in [9.17, 15) is 9.59 Å². The number of nitrogens with one attached hydrogen (secondary N) is 1. The average Bonchev–Trinajstić information content (AvgIpc) is 2.81. The fourth-order valence-electron chi connectivity index (χ4n) is 3.24. The van der Waals surface area contributed by atoms with Gasteiger partial charge >= 0.3 is 0 Å². The minimum Gasteiger partial charge on any atom is -0.493 e. The predicted octanol–water partition coefficient (Wildman–Crippen LogP) is 0.679. The van der Waals surface area contributed by atoms with E-state index in [1.807, 2.05) is 4.90 Å². The number of anilines is 2. The van der Waals surface area contributed by atoms with Gasteiger partial charge in [-0.3, -0.25) is 14.2 Å². The van der Waals surface area contributed by atoms with Crippen molar-refractivity contribution in [2.45, 2.75) is 6.54 Å². The van der Waals surface area contributed by atoms with Gasteiger partial charge in [-0.1, -0.05) is 0 Å². The number of hydrogen-bond donors (Lipinski definition) is 1. The van der Waals surface area contributed by atoms with Crippen LogP contribution in [0.2, 0.25) is 0 Å². The molecule has 0 unspecified atom stereocenters. The van der Waals surface area contributed by atoms with Crippen molar-refractivity contribution in [3.05, 3.63) is 41.1 Å². The molecular formula is C20H22N6O5. The van der Waals surface area contributed by atoms with Gasteiger partial charge in [-0.05, 0) is 12.1 Å². The van der Waals surface area contributed by atoms with Crippen LogP contribution in [-0.2, 0) is 16.1 Å². The summed E-state index contributed by atoms with van der Waals surface area (Å²) in [4.78, 5) is 40.2. The number of ether oxygens (including phenoxy) is 3. The Hall–Kier alpha value is -3.73. The molecule has 11 nitrogen and oxygen atoms in total. The molecule has 3 heterocycles. The number of amides is 1. The lowest BCUT2D eigenvalue weighted by atomic mass is 10.2. The van der Waals surface area contributed by atoms with E-state index in [4.69, 9.17) is 14.2 Å². The third-order valence-corrected chi connectivity index (χ3v) is 4.84. The number of carbonyl (C=O) groups is 1. The van der Waals surface area contributed by atoms with Crippen molar-refractivity contribution in [3.63, 3.8) is 0 Å². The molecule has 1 amide bonds. The van der Waals surface area contributed by atoms with E-state index >= 15 is 0 Å². The number of fused-ring (bicyclic) bond motifs is 1. The summed E-state index contributed by atoms with van der Waals surface area (Å²) in [5.74, 6) is 1.15. The van der Waals surface area contributed by atoms with Crippen LogP contribution in [-0.4, -0.2) is 65.9 Å². The van der Waals surface area contributed by atoms with Crippen molar-refractivity contribution in [2.75, 3.05) is 50.7 Å². The third kappa shape index (κ3) is 4.40. The minimum atomic E-state index is -0.388. The number of benzene rings is 1. The molecule has 0 atom stereocenters. The van der Waals surface area contributed by atoms with Gasteiger partial charge in [0.1, 0.15) is 18.3 Å². The van der Waals surface area contributed by atoms with E-state index in [2.05, 4.69) is 20.3 Å². The van der Waals surface area contributed by atoms with Gasteiger partial charge in [-0.2, -0.15) is 4.98 Å². The Morgan fingerprint density at radius 3 is 2.68 bits per heavy atom. The van der Waals surface area contributed by atoms with Gasteiger partial charge in [0.25, 0.3) is 5.56 Å². The van der Waals surface area contributed by atoms with Crippen LogP contribution in [0.25, 0.3) is 11.0 Å². The lowest BCUT2D eigenvalue weighted by Gasteiger charge is -2.26. The molecule has 1 fully saturated rings. The van der Waals surface area contributed by atoms with Crippen molar-refractivity contribution in [2.24, 2.45) is 0 Å². The largest absolute Gasteiger partial charge is 0.493 e. The molecule has 0 bridgehead atoms. The number of aromatic nitrogens is 4. The minimum absolute atomic E-state index is 0.207. The summed E-state index contributed by atoms with van der Waals surface area (Å²) < 4.78 is 17.0. The van der Waals surface area contributed by atoms with Crippen LogP contribution in [0.3, 0.4) is 0 Å². The van der Waals surface area contributed by atoms with Gasteiger partial charge in [0.05, 0.1) is 27.4 Å². The van der Waals surface area contributed by atoms with E-state index in [1.54, 1.807) is 18.2 Å². The van der Waals surface area contributed by atoms with Gasteiger partial charge < -0.3 is 24.4 Å². The zero-order valence-corrected chi connectivity index (χ0v) is 17.2. The molecule has 1 aliphatic rings. The highest BCUT2D eigenvalue weighted by Gasteiger charge is 2.16. The second kappa shape index (κ2) is 8.96. The zero-order chi connectivity index (χ0) is 21.8. The summed E-state index contributed by atoms with van der Waals surface area (Å²) in [7, 11) is 3.04. The standard InChI is InChI=1S/C20H22N6O5/c1-29-15-4-3-13(9-16(15)30-2)23-17(27)11-26-12-22-18-14(19(26)28)10-21-20(24-18)25-5-7-31-8-6-25/h3-4,9-10,12H,5-8,11H2,1-2H3,(H,23,27). The first kappa shape index (κ1) is 20.5. The maximum Gasteiger partial charge on any atom is 0.264 e. The molecule has 0 saturated carbocycles. The molecule has 1 aromatic carbocycles. The van der Waals surface area contributed by atoms with Crippen molar-refractivity contribution in [3.8, 4) is 11.5 Å². The van der Waals surface area contributed by atoms with Crippen LogP contribution in [0.15, 0.2) is 35.5 Å². The smallest absolute Gasteiger partial charge is 0.264 e. The molecule has 31 heavy (non-hydrogen) atoms. The maximum atomic E-state index is 12.8. The molecule has 4 rings (SSSR count). The lowest BCUT2D eigenvalue weighted by molar-refractivity contribution is -0.116. The predicted molar refractivity (Wildman–Crippen MR) is 113 cm³/mol. The Balaban J connectivity index is 1.51. The Morgan fingerprint density at radius 2 is 1.94 bits per heavy atom. The van der Waals surface area contributed by atoms with Crippen LogP contribution in [0.1, 0.15) is 0 Å². The Bertz CT molecular complexity index is 1160. The zero-order valence-electron chi connectivity index (χ0n) is 17.2. The first-order chi connectivity index (χ1) is 15.1. The van der Waals surface area contributed by atoms with Gasteiger partial charge in [0.2, 0.25) is 11.9 Å². The van der Waals surface area contributed by atoms with Crippen LogP contribution in [0, 0.1) is 0 Å². The highest BCUT2D eigenvalue weighted by Crippen LogP contribution is 2.29. The number of nitrogens with zero attached hydrogens (tertiary/aromatic N) is 5. The molecule has 0 spiro atoms. The summed E-state index contributed by atoms with van der Waals surface area (Å²) >= 11 is 0. The lowest BCUT2D eigenvalue weighted by Crippen LogP contribution is -2.37. The van der Waals surface area contributed by atoms with E-state index in [1.165, 1.54) is 31.3 Å². The molecule has 0 aliphatic carbocycles. The monoisotopic (exact) mass is 426 g/mol. The Morgan fingerprint density at radius 1 is 1.16 bits per heavy atom. The molecule has 11 heteroatoms. The third-order valence-electron chi connectivity index (χ3n) is 4.84. The van der Waals surface area contributed by atoms with Crippen LogP contribution in [0.5, 0.6) is 11.5 Å². The number of rotatable bonds is 6. The summed E-state index contributed by atoms with van der Waals surface area (Å²) in [6.45, 7) is 2.36. The normalized spacial score (nSPS) is 13.8. The summed E-state index contributed by atoms with van der Waals surface area (Å²) in [6.07, 6.45) is 2.76. The highest BCUT2D eigenvalue weighted by molar-refractivity contribution is 5.91. The van der Waals surface area contributed by atoms with Crippen LogP contribution >= 0.6 is 0 Å². The summed E-state index contributed by atoms with van der Waals surface area (Å²) in [5.41, 5.74) is 0.418. The number of methoxy groups -OCH3 is 2. The van der Waals surface area contributed by atoms with Crippen molar-refractivity contribution >= 4 is 28.6 Å².